The van der Waals surface area contributed by atoms with Crippen molar-refractivity contribution in [1.29, 1.82) is 0 Å². The first kappa shape index (κ1) is 17.7. The van der Waals surface area contributed by atoms with Crippen molar-refractivity contribution < 1.29 is 14.7 Å². The molecule has 0 bridgehead atoms. The second kappa shape index (κ2) is 7.39. The maximum absolute atomic E-state index is 12.0. The highest BCUT2D eigenvalue weighted by Crippen LogP contribution is 2.31. The van der Waals surface area contributed by atoms with Gasteiger partial charge in [0, 0.05) is 28.1 Å². The summed E-state index contributed by atoms with van der Waals surface area (Å²) >= 11 is 3.48. The summed E-state index contributed by atoms with van der Waals surface area (Å²) in [5.74, 6) is -0.0295. The lowest BCUT2D eigenvalue weighted by molar-refractivity contribution is 0.101. The van der Waals surface area contributed by atoms with Gasteiger partial charge in [0.15, 0.2) is 5.78 Å². The Hall–Kier alpha value is -2.15. The van der Waals surface area contributed by atoms with E-state index in [1.54, 1.807) is 13.1 Å². The molecule has 1 aliphatic rings. The average Bonchev–Trinajstić information content (AvgIpc) is 2.56. The number of carbonyl (C=O) groups is 2. The van der Waals surface area contributed by atoms with E-state index in [-0.39, 0.29) is 17.9 Å². The van der Waals surface area contributed by atoms with Crippen molar-refractivity contribution in [1.82, 2.24) is 10.3 Å². The molecule has 1 aromatic heterocycles. The first-order valence-electron chi connectivity index (χ1n) is 8.29. The van der Waals surface area contributed by atoms with Gasteiger partial charge in [0.2, 0.25) is 0 Å². The number of aromatic nitrogens is 1. The molecule has 25 heavy (non-hydrogen) atoms. The molecular weight excluding hydrogens is 386 g/mol. The van der Waals surface area contributed by atoms with E-state index in [9.17, 15) is 9.59 Å². The summed E-state index contributed by atoms with van der Waals surface area (Å²) in [7, 11) is 0. The number of pyridine rings is 1. The van der Waals surface area contributed by atoms with Gasteiger partial charge in [-0.2, -0.15) is 0 Å². The van der Waals surface area contributed by atoms with Crippen molar-refractivity contribution in [3.8, 4) is 0 Å². The van der Waals surface area contributed by atoms with Crippen LogP contribution in [0.2, 0.25) is 0 Å². The summed E-state index contributed by atoms with van der Waals surface area (Å²) in [5.41, 5.74) is 2.22. The normalized spacial score (nSPS) is 20.2. The number of benzene rings is 1. The molecule has 0 spiro atoms. The van der Waals surface area contributed by atoms with E-state index in [0.29, 0.717) is 5.56 Å². The Morgan fingerprint density at radius 1 is 1.20 bits per heavy atom. The number of carboxylic acid groups (broad SMARTS) is 1. The van der Waals surface area contributed by atoms with E-state index < -0.39 is 6.09 Å². The predicted octanol–water partition coefficient (Wildman–Crippen LogP) is 4.19. The van der Waals surface area contributed by atoms with E-state index in [1.807, 2.05) is 18.2 Å². The van der Waals surface area contributed by atoms with Crippen molar-refractivity contribution in [2.75, 3.05) is 5.32 Å². The van der Waals surface area contributed by atoms with E-state index in [2.05, 4.69) is 31.5 Å². The maximum Gasteiger partial charge on any atom is 0.404 e. The van der Waals surface area contributed by atoms with Crippen LogP contribution in [0.25, 0.3) is 10.9 Å². The number of halogens is 1. The molecule has 1 aliphatic carbocycles. The second-order valence-corrected chi connectivity index (χ2v) is 7.32. The van der Waals surface area contributed by atoms with E-state index >= 15 is 0 Å². The third-order valence-corrected chi connectivity index (χ3v) is 5.11. The number of hydrogen-bond acceptors (Lipinski definition) is 4. The fourth-order valence-corrected chi connectivity index (χ4v) is 3.71. The number of ketones is 1. The first-order chi connectivity index (χ1) is 11.9. The molecule has 1 saturated carbocycles. The molecular formula is C18H20BrN3O3. The molecule has 132 valence electrons. The van der Waals surface area contributed by atoms with Crippen LogP contribution in [0.5, 0.6) is 0 Å². The fourth-order valence-electron chi connectivity index (χ4n) is 3.35. The van der Waals surface area contributed by atoms with Gasteiger partial charge in [-0.25, -0.2) is 4.79 Å². The van der Waals surface area contributed by atoms with Gasteiger partial charge in [0.25, 0.3) is 0 Å². The fraction of sp³-hybridized carbons (Fsp3) is 0.389. The molecule has 1 aromatic carbocycles. The lowest BCUT2D eigenvalue weighted by Crippen LogP contribution is -2.39. The first-order valence-corrected chi connectivity index (χ1v) is 9.08. The van der Waals surface area contributed by atoms with Crippen LogP contribution in [0, 0.1) is 0 Å². The number of fused-ring (bicyclic) bond motifs is 1. The lowest BCUT2D eigenvalue weighted by Gasteiger charge is -2.30. The van der Waals surface area contributed by atoms with Crippen LogP contribution in [0.1, 0.15) is 43.0 Å². The molecule has 3 N–H and O–H groups in total. The number of Topliss-reactive ketones (excluding diaryl/α,β-unsaturated/α-hetero) is 1. The lowest BCUT2D eigenvalue weighted by atomic mass is 9.90. The zero-order valence-corrected chi connectivity index (χ0v) is 15.5. The van der Waals surface area contributed by atoms with Gasteiger partial charge in [-0.15, -0.1) is 0 Å². The van der Waals surface area contributed by atoms with E-state index in [0.717, 1.165) is 46.7 Å². The Bertz CT molecular complexity index is 817. The molecule has 7 heteroatoms. The Kier molecular flexibility index (Phi) is 5.22. The molecule has 0 aliphatic heterocycles. The monoisotopic (exact) mass is 405 g/mol. The highest BCUT2D eigenvalue weighted by Gasteiger charge is 2.24. The number of amides is 1. The third-order valence-electron chi connectivity index (χ3n) is 4.61. The van der Waals surface area contributed by atoms with Gasteiger partial charge >= 0.3 is 6.09 Å². The third kappa shape index (κ3) is 4.10. The SMILES string of the molecule is CC(=O)c1cnc2ccc(Br)cc2c1NC1CCC(NC(=O)O)CC1. The van der Waals surface area contributed by atoms with Crippen molar-refractivity contribution in [2.45, 2.75) is 44.7 Å². The molecule has 3 rings (SSSR count). The molecule has 1 heterocycles. The molecule has 0 atom stereocenters. The van der Waals surface area contributed by atoms with Gasteiger partial charge in [0.1, 0.15) is 0 Å². The van der Waals surface area contributed by atoms with Gasteiger partial charge in [-0.05, 0) is 50.8 Å². The summed E-state index contributed by atoms with van der Waals surface area (Å²) in [6.45, 7) is 1.54. The highest BCUT2D eigenvalue weighted by molar-refractivity contribution is 9.10. The molecule has 2 aromatic rings. The smallest absolute Gasteiger partial charge is 0.404 e. The number of nitrogens with one attached hydrogen (secondary N) is 2. The van der Waals surface area contributed by atoms with E-state index in [4.69, 9.17) is 5.11 Å². The minimum atomic E-state index is -0.972. The molecule has 6 nitrogen and oxygen atoms in total. The maximum atomic E-state index is 12.0. The molecule has 0 radical (unpaired) electrons. The second-order valence-electron chi connectivity index (χ2n) is 6.41. The number of carbonyl (C=O) groups excluding carboxylic acids is 1. The van der Waals surface area contributed by atoms with Crippen molar-refractivity contribution >= 4 is 44.4 Å². The van der Waals surface area contributed by atoms with Gasteiger partial charge < -0.3 is 15.7 Å². The zero-order valence-electron chi connectivity index (χ0n) is 13.9. The summed E-state index contributed by atoms with van der Waals surface area (Å²) in [4.78, 5) is 27.2. The van der Waals surface area contributed by atoms with Crippen LogP contribution in [0.15, 0.2) is 28.9 Å². The minimum absolute atomic E-state index is 0.00570. The van der Waals surface area contributed by atoms with Crippen LogP contribution >= 0.6 is 15.9 Å². The molecule has 1 fully saturated rings. The minimum Gasteiger partial charge on any atom is -0.465 e. The summed E-state index contributed by atoms with van der Waals surface area (Å²) in [5, 5.41) is 15.8. The Morgan fingerprint density at radius 2 is 1.88 bits per heavy atom. The van der Waals surface area contributed by atoms with Crippen molar-refractivity contribution in [2.24, 2.45) is 0 Å². The predicted molar refractivity (Wildman–Crippen MR) is 100 cm³/mol. The Labute approximate surface area is 154 Å². The zero-order chi connectivity index (χ0) is 18.0. The van der Waals surface area contributed by atoms with E-state index in [1.165, 1.54) is 0 Å². The number of hydrogen-bond donors (Lipinski definition) is 3. The summed E-state index contributed by atoms with van der Waals surface area (Å²) in [6, 6.07) is 6.02. The number of anilines is 1. The van der Waals surface area contributed by atoms with Gasteiger partial charge in [-0.1, -0.05) is 15.9 Å². The molecule has 0 saturated heterocycles. The topological polar surface area (TPSA) is 91.3 Å². The quantitative estimate of drug-likeness (QED) is 0.663. The van der Waals surface area contributed by atoms with Crippen LogP contribution in [0.4, 0.5) is 10.5 Å². The van der Waals surface area contributed by atoms with Gasteiger partial charge in [-0.3, -0.25) is 9.78 Å². The van der Waals surface area contributed by atoms with Crippen molar-refractivity contribution in [3.05, 3.63) is 34.4 Å². The van der Waals surface area contributed by atoms with Gasteiger partial charge in [0.05, 0.1) is 16.8 Å². The Morgan fingerprint density at radius 3 is 2.52 bits per heavy atom. The largest absolute Gasteiger partial charge is 0.465 e. The molecule has 0 unspecified atom stereocenters. The van der Waals surface area contributed by atoms with Crippen LogP contribution in [-0.4, -0.2) is 34.1 Å². The Balaban J connectivity index is 1.85. The number of nitrogens with zero attached hydrogens (tertiary/aromatic N) is 1. The van der Waals surface area contributed by atoms with Crippen molar-refractivity contribution in [3.63, 3.8) is 0 Å². The summed E-state index contributed by atoms with van der Waals surface area (Å²) < 4.78 is 0.930. The van der Waals surface area contributed by atoms with Crippen LogP contribution in [0.3, 0.4) is 0 Å². The average molecular weight is 406 g/mol. The number of rotatable bonds is 4. The van der Waals surface area contributed by atoms with Crippen LogP contribution in [-0.2, 0) is 0 Å². The standard InChI is InChI=1S/C18H20BrN3O3/c1-10(23)15-9-20-16-7-2-11(19)8-14(16)17(15)21-12-3-5-13(6-4-12)22-18(24)25/h2,7-9,12-13,22H,3-6H2,1H3,(H,20,21)(H,24,25). The van der Waals surface area contributed by atoms with Crippen LogP contribution < -0.4 is 10.6 Å². The molecule has 1 amide bonds. The summed E-state index contributed by atoms with van der Waals surface area (Å²) in [6.07, 6.45) is 3.91. The highest BCUT2D eigenvalue weighted by atomic mass is 79.9.